The first-order valence-electron chi connectivity index (χ1n) is 6.69. The molecule has 0 aliphatic rings. The minimum absolute atomic E-state index is 0.0713. The van der Waals surface area contributed by atoms with Crippen molar-refractivity contribution in [1.82, 2.24) is 0 Å². The van der Waals surface area contributed by atoms with E-state index in [1.54, 1.807) is 48.5 Å². The Kier molecular flexibility index (Phi) is 7.16. The van der Waals surface area contributed by atoms with E-state index in [-0.39, 0.29) is 6.42 Å². The maximum absolute atomic E-state index is 11.6. The average Bonchev–Trinajstić information content (AvgIpc) is 2.28. The van der Waals surface area contributed by atoms with Crippen LogP contribution >= 0.6 is 0 Å². The van der Waals surface area contributed by atoms with Gasteiger partial charge in [0.1, 0.15) is 11.2 Å². The van der Waals surface area contributed by atoms with Crippen LogP contribution in [0.1, 0.15) is 61.3 Å². The van der Waals surface area contributed by atoms with Crippen LogP contribution < -0.4 is 0 Å². The van der Waals surface area contributed by atoms with Crippen LogP contribution in [0, 0.1) is 5.92 Å². The van der Waals surface area contributed by atoms with Gasteiger partial charge in [-0.25, -0.2) is 9.59 Å². The molecule has 0 amide bonds. The van der Waals surface area contributed by atoms with Crippen molar-refractivity contribution in [3.05, 3.63) is 0 Å². The van der Waals surface area contributed by atoms with Gasteiger partial charge in [-0.3, -0.25) is 9.78 Å². The lowest BCUT2D eigenvalue weighted by atomic mass is 10.1. The minimum Gasteiger partial charge on any atom is -0.298 e. The van der Waals surface area contributed by atoms with Gasteiger partial charge in [0.15, 0.2) is 0 Å². The van der Waals surface area contributed by atoms with Gasteiger partial charge in [0, 0.05) is 6.42 Å². The smallest absolute Gasteiger partial charge is 0.298 e. The zero-order valence-corrected chi connectivity index (χ0v) is 13.4. The number of hydrogen-bond acceptors (Lipinski definition) is 6. The lowest BCUT2D eigenvalue weighted by molar-refractivity contribution is -0.324. The lowest BCUT2D eigenvalue weighted by Crippen LogP contribution is -2.25. The molecule has 0 fully saturated rings. The molecule has 0 aromatic rings. The topological polar surface area (TPSA) is 71.1 Å². The van der Waals surface area contributed by atoms with E-state index in [2.05, 4.69) is 4.89 Å². The second kappa shape index (κ2) is 7.59. The summed E-state index contributed by atoms with van der Waals surface area (Å²) in [5.74, 6) is -1.49. The summed E-state index contributed by atoms with van der Waals surface area (Å²) in [6.07, 6.45) is 0.376. The third-order valence-electron chi connectivity index (χ3n) is 1.94. The van der Waals surface area contributed by atoms with Gasteiger partial charge < -0.3 is 0 Å². The average molecular weight is 290 g/mol. The normalized spacial score (nSPS) is 13.8. The van der Waals surface area contributed by atoms with Gasteiger partial charge in [-0.15, -0.1) is 0 Å². The summed E-state index contributed by atoms with van der Waals surface area (Å²) in [6.45, 7) is 12.3. The Morgan fingerprint density at radius 3 is 1.80 bits per heavy atom. The highest BCUT2D eigenvalue weighted by Crippen LogP contribution is 2.14. The van der Waals surface area contributed by atoms with Gasteiger partial charge >= 0.3 is 11.9 Å². The van der Waals surface area contributed by atoms with Crippen molar-refractivity contribution in [2.45, 2.75) is 72.5 Å². The quantitative estimate of drug-likeness (QED) is 0.553. The van der Waals surface area contributed by atoms with Crippen LogP contribution in [-0.2, 0) is 29.1 Å². The monoisotopic (exact) mass is 290 g/mol. The molecule has 0 aliphatic heterocycles. The highest BCUT2D eigenvalue weighted by atomic mass is 17.2. The zero-order chi connectivity index (χ0) is 16.0. The number of hydrogen-bond donors (Lipinski definition) is 0. The lowest BCUT2D eigenvalue weighted by Gasteiger charge is -2.18. The molecule has 0 aliphatic carbocycles. The van der Waals surface area contributed by atoms with E-state index in [1.165, 1.54) is 0 Å². The van der Waals surface area contributed by atoms with Gasteiger partial charge in [-0.2, -0.15) is 9.78 Å². The predicted octanol–water partition coefficient (Wildman–Crippen LogP) is 2.95. The molecule has 0 N–H and O–H groups in total. The molecule has 118 valence electrons. The summed E-state index contributed by atoms with van der Waals surface area (Å²) in [4.78, 5) is 42.1. The molecule has 0 saturated carbocycles. The molecular formula is C14H26O6. The van der Waals surface area contributed by atoms with E-state index in [9.17, 15) is 9.59 Å². The Hall–Kier alpha value is -1.14. The van der Waals surface area contributed by atoms with Gasteiger partial charge in [-0.1, -0.05) is 6.92 Å². The molecule has 0 rings (SSSR count). The van der Waals surface area contributed by atoms with Gasteiger partial charge in [0.2, 0.25) is 0 Å². The molecule has 1 unspecified atom stereocenters. The van der Waals surface area contributed by atoms with E-state index in [1.807, 2.05) is 0 Å². The molecule has 6 heteroatoms. The second-order valence-corrected chi connectivity index (χ2v) is 6.69. The molecule has 1 atom stereocenters. The van der Waals surface area contributed by atoms with Crippen molar-refractivity contribution in [3.63, 3.8) is 0 Å². The van der Waals surface area contributed by atoms with Crippen LogP contribution in [0.25, 0.3) is 0 Å². The van der Waals surface area contributed by atoms with Crippen LogP contribution in [0.5, 0.6) is 0 Å². The molecule has 0 bridgehead atoms. The highest BCUT2D eigenvalue weighted by molar-refractivity contribution is 5.73. The van der Waals surface area contributed by atoms with Crippen molar-refractivity contribution in [1.29, 1.82) is 0 Å². The summed E-state index contributed by atoms with van der Waals surface area (Å²) in [7, 11) is 0. The fraction of sp³-hybridized carbons (Fsp3) is 0.857. The van der Waals surface area contributed by atoms with E-state index < -0.39 is 29.1 Å². The summed E-state index contributed by atoms with van der Waals surface area (Å²) < 4.78 is 0. The summed E-state index contributed by atoms with van der Waals surface area (Å²) in [5, 5.41) is 0. The number of rotatable bonds is 6. The Balaban J connectivity index is 3.94. The summed E-state index contributed by atoms with van der Waals surface area (Å²) in [6, 6.07) is 0. The van der Waals surface area contributed by atoms with Crippen molar-refractivity contribution in [2.75, 3.05) is 0 Å². The molecule has 0 spiro atoms. The first-order valence-corrected chi connectivity index (χ1v) is 6.69. The highest BCUT2D eigenvalue weighted by Gasteiger charge is 2.22. The van der Waals surface area contributed by atoms with Crippen LogP contribution in [0.4, 0.5) is 0 Å². The van der Waals surface area contributed by atoms with Crippen molar-refractivity contribution in [3.8, 4) is 0 Å². The molecule has 0 aromatic carbocycles. The Morgan fingerprint density at radius 2 is 1.35 bits per heavy atom. The van der Waals surface area contributed by atoms with Crippen molar-refractivity contribution >= 4 is 11.9 Å². The van der Waals surface area contributed by atoms with E-state index in [0.717, 1.165) is 0 Å². The Morgan fingerprint density at radius 1 is 0.900 bits per heavy atom. The first-order chi connectivity index (χ1) is 8.91. The zero-order valence-electron chi connectivity index (χ0n) is 13.4. The maximum atomic E-state index is 11.6. The molecule has 20 heavy (non-hydrogen) atoms. The molecule has 6 nitrogen and oxygen atoms in total. The van der Waals surface area contributed by atoms with Crippen LogP contribution in [0.3, 0.4) is 0 Å². The maximum Gasteiger partial charge on any atom is 0.345 e. The fourth-order valence-corrected chi connectivity index (χ4v) is 0.914. The third-order valence-corrected chi connectivity index (χ3v) is 1.94. The minimum atomic E-state index is -0.561. The van der Waals surface area contributed by atoms with E-state index >= 15 is 0 Å². The molecule has 0 radical (unpaired) electrons. The van der Waals surface area contributed by atoms with Crippen molar-refractivity contribution in [2.24, 2.45) is 5.92 Å². The molecule has 0 aromatic heterocycles. The third kappa shape index (κ3) is 10.8. The summed E-state index contributed by atoms with van der Waals surface area (Å²) >= 11 is 0. The number of carbonyl (C=O) groups is 2. The van der Waals surface area contributed by atoms with E-state index in [4.69, 9.17) is 14.7 Å². The van der Waals surface area contributed by atoms with Crippen LogP contribution in [0.2, 0.25) is 0 Å². The molecular weight excluding hydrogens is 264 g/mol. The van der Waals surface area contributed by atoms with Gasteiger partial charge in [-0.05, 0) is 48.0 Å². The standard InChI is InChI=1S/C14H26O6/c1-10(12(16)18-20-14(5,6)7)8-9-11(15)17-19-13(2,3)4/h10H,8-9H2,1-7H3. The fourth-order valence-electron chi connectivity index (χ4n) is 0.914. The van der Waals surface area contributed by atoms with Gasteiger partial charge in [0.25, 0.3) is 0 Å². The van der Waals surface area contributed by atoms with Crippen LogP contribution in [0.15, 0.2) is 0 Å². The predicted molar refractivity (Wildman–Crippen MR) is 72.3 cm³/mol. The Labute approximate surface area is 120 Å². The molecule has 0 saturated heterocycles. The molecule has 0 heterocycles. The van der Waals surface area contributed by atoms with E-state index in [0.29, 0.717) is 6.42 Å². The first kappa shape index (κ1) is 18.9. The largest absolute Gasteiger partial charge is 0.345 e. The number of carbonyl (C=O) groups excluding carboxylic acids is 2. The van der Waals surface area contributed by atoms with Crippen LogP contribution in [-0.4, -0.2) is 23.1 Å². The SMILES string of the molecule is CC(CCC(=O)OOC(C)(C)C)C(=O)OOC(C)(C)C. The summed E-state index contributed by atoms with van der Waals surface area (Å²) in [5.41, 5.74) is -1.12. The van der Waals surface area contributed by atoms with Gasteiger partial charge in [0.05, 0.1) is 5.92 Å². The second-order valence-electron chi connectivity index (χ2n) is 6.69. The van der Waals surface area contributed by atoms with Crippen molar-refractivity contribution < 1.29 is 29.1 Å². The Bertz CT molecular complexity index is 324.